The minimum absolute atomic E-state index is 0.0294. The molecule has 12 nitrogen and oxygen atoms in total. The predicted octanol–water partition coefficient (Wildman–Crippen LogP) is 6.46. The molecule has 4 aromatic rings. The monoisotopic (exact) mass is 770 g/mol. The third kappa shape index (κ3) is 8.69. The fourth-order valence-corrected chi connectivity index (χ4v) is 7.57. The number of halogens is 2. The average Bonchev–Trinajstić information content (AvgIpc) is 3.95. The topological polar surface area (TPSA) is 156 Å². The largest absolute Gasteiger partial charge is 0.344 e. The lowest BCUT2D eigenvalue weighted by Gasteiger charge is -2.32. The van der Waals surface area contributed by atoms with Gasteiger partial charge in [-0.3, -0.25) is 19.2 Å². The molecule has 4 amide bonds. The number of amides is 4. The number of likely N-dealkylation sites (tertiary alicyclic amines) is 2. The van der Waals surface area contributed by atoms with Crippen LogP contribution < -0.4 is 10.6 Å². The zero-order chi connectivity index (χ0) is 40.7. The highest BCUT2D eigenvalue weighted by molar-refractivity contribution is 5.88. The Morgan fingerprint density at radius 2 is 0.946 bits per heavy atom. The molecule has 298 valence electrons. The SMILES string of the molecule is CC(=O)N1C[C@H](F)C[C@H]1C(=O)N[C@H](c1ncc(-c2ccc(-c3ccc(-c4cnc([C@@H](NC(=O)[C@@H]5C[C@@H](F)CN5C(C)=O)C(C)(C)C)[nH]4)cc3)cc2)[nH]1)C(C)(C)C. The van der Waals surface area contributed by atoms with Gasteiger partial charge < -0.3 is 30.4 Å². The van der Waals surface area contributed by atoms with Gasteiger partial charge in [-0.15, -0.1) is 0 Å². The summed E-state index contributed by atoms with van der Waals surface area (Å²) >= 11 is 0. The first kappa shape index (κ1) is 40.3. The Balaban J connectivity index is 1.13. The van der Waals surface area contributed by atoms with Crippen LogP contribution in [0, 0.1) is 10.8 Å². The standard InChI is InChI=1S/C42H52F2N8O4/c1-23(53)51-21-29(43)17-33(51)39(55)49-35(41(3,4)5)37-45-19-31(47-37)27-13-9-25(10-14-27)26-11-15-28(16-12-26)32-20-46-38(48-32)36(42(6,7)8)50-40(56)34-18-30(44)22-52(34)24(2)54/h9-16,19-20,29-30,33-36H,17-18,21-22H2,1-8H3,(H,45,47)(H,46,48)(H,49,55)(H,50,56)/t29-,30-,33+,34+,35-,36-/m1/s1. The number of H-pyrrole nitrogens is 2. The summed E-state index contributed by atoms with van der Waals surface area (Å²) in [6.45, 7) is 14.4. The molecule has 0 spiro atoms. The number of aromatic amines is 2. The highest BCUT2D eigenvalue weighted by Crippen LogP contribution is 2.36. The van der Waals surface area contributed by atoms with E-state index in [-0.39, 0.29) is 37.7 Å². The lowest BCUT2D eigenvalue weighted by Crippen LogP contribution is -2.48. The second-order valence-electron chi connectivity index (χ2n) is 17.2. The molecule has 0 radical (unpaired) electrons. The van der Waals surface area contributed by atoms with Gasteiger partial charge >= 0.3 is 0 Å². The van der Waals surface area contributed by atoms with Crippen LogP contribution in [0.3, 0.4) is 0 Å². The maximum atomic E-state index is 14.2. The number of alkyl halides is 2. The van der Waals surface area contributed by atoms with Crippen LogP contribution in [0.5, 0.6) is 0 Å². The highest BCUT2D eigenvalue weighted by Gasteiger charge is 2.42. The van der Waals surface area contributed by atoms with Gasteiger partial charge in [0.15, 0.2) is 0 Å². The smallest absolute Gasteiger partial charge is 0.243 e. The third-order valence-electron chi connectivity index (χ3n) is 10.7. The molecule has 2 saturated heterocycles. The second-order valence-corrected chi connectivity index (χ2v) is 17.2. The van der Waals surface area contributed by atoms with E-state index in [1.807, 2.05) is 90.1 Å². The van der Waals surface area contributed by atoms with Gasteiger partial charge in [-0.05, 0) is 33.1 Å². The number of hydrogen-bond donors (Lipinski definition) is 4. The normalized spacial score (nSPS) is 21.2. The van der Waals surface area contributed by atoms with Crippen LogP contribution in [0.2, 0.25) is 0 Å². The second kappa shape index (κ2) is 15.6. The van der Waals surface area contributed by atoms with Crippen molar-refractivity contribution in [3.05, 3.63) is 72.6 Å². The van der Waals surface area contributed by atoms with Crippen molar-refractivity contribution in [3.63, 3.8) is 0 Å². The molecule has 2 aromatic carbocycles. The van der Waals surface area contributed by atoms with Gasteiger partial charge in [0.05, 0.1) is 49.0 Å². The van der Waals surface area contributed by atoms with E-state index < -0.39 is 59.2 Å². The molecular weight excluding hydrogens is 719 g/mol. The van der Waals surface area contributed by atoms with Gasteiger partial charge in [0.2, 0.25) is 23.6 Å². The maximum absolute atomic E-state index is 14.2. The van der Waals surface area contributed by atoms with Crippen LogP contribution in [0.1, 0.15) is 92.0 Å². The number of nitrogens with one attached hydrogen (secondary N) is 4. The van der Waals surface area contributed by atoms with E-state index in [4.69, 9.17) is 0 Å². The molecule has 6 rings (SSSR count). The minimum Gasteiger partial charge on any atom is -0.344 e. The van der Waals surface area contributed by atoms with E-state index >= 15 is 0 Å². The van der Waals surface area contributed by atoms with Crippen molar-refractivity contribution >= 4 is 23.6 Å². The van der Waals surface area contributed by atoms with Gasteiger partial charge in [0.1, 0.15) is 36.1 Å². The summed E-state index contributed by atoms with van der Waals surface area (Å²) in [7, 11) is 0. The highest BCUT2D eigenvalue weighted by atomic mass is 19.1. The summed E-state index contributed by atoms with van der Waals surface area (Å²) in [6.07, 6.45) is 0.912. The molecule has 2 aliphatic heterocycles. The van der Waals surface area contributed by atoms with E-state index in [1.54, 1.807) is 12.4 Å². The van der Waals surface area contributed by atoms with Crippen molar-refractivity contribution in [3.8, 4) is 33.6 Å². The van der Waals surface area contributed by atoms with Crippen molar-refractivity contribution in [2.45, 2.75) is 105 Å². The third-order valence-corrected chi connectivity index (χ3v) is 10.7. The lowest BCUT2D eigenvalue weighted by molar-refractivity contribution is -0.137. The Kier molecular flexibility index (Phi) is 11.2. The number of nitrogens with zero attached hydrogens (tertiary/aromatic N) is 4. The number of aromatic nitrogens is 4. The molecule has 4 N–H and O–H groups in total. The van der Waals surface area contributed by atoms with Crippen molar-refractivity contribution in [1.82, 2.24) is 40.4 Å². The summed E-state index contributed by atoms with van der Waals surface area (Å²) < 4.78 is 28.4. The number of imidazole rings is 2. The Morgan fingerprint density at radius 1 is 0.625 bits per heavy atom. The van der Waals surface area contributed by atoms with Crippen molar-refractivity contribution in [2.75, 3.05) is 13.1 Å². The number of rotatable bonds is 9. The molecule has 4 heterocycles. The van der Waals surface area contributed by atoms with Crippen LogP contribution in [0.25, 0.3) is 33.6 Å². The molecule has 56 heavy (non-hydrogen) atoms. The molecule has 0 bridgehead atoms. The van der Waals surface area contributed by atoms with Crippen LogP contribution in [0.4, 0.5) is 8.78 Å². The number of hydrogen-bond acceptors (Lipinski definition) is 6. The quantitative estimate of drug-likeness (QED) is 0.153. The Bertz CT molecular complexity index is 1920. The molecule has 2 fully saturated rings. The van der Waals surface area contributed by atoms with E-state index in [1.165, 1.54) is 23.6 Å². The number of carbonyl (C=O) groups excluding carboxylic acids is 4. The zero-order valence-electron chi connectivity index (χ0n) is 33.2. The van der Waals surface area contributed by atoms with Crippen molar-refractivity contribution < 1.29 is 28.0 Å². The summed E-state index contributed by atoms with van der Waals surface area (Å²) in [5.41, 5.74) is 4.47. The molecule has 14 heteroatoms. The Morgan fingerprint density at radius 3 is 1.25 bits per heavy atom. The number of benzene rings is 2. The first-order chi connectivity index (χ1) is 26.3. The predicted molar refractivity (Wildman–Crippen MR) is 209 cm³/mol. The van der Waals surface area contributed by atoms with Crippen molar-refractivity contribution in [2.24, 2.45) is 10.8 Å². The summed E-state index contributed by atoms with van der Waals surface area (Å²) in [5.74, 6) is -0.345. The van der Waals surface area contributed by atoms with E-state index in [0.29, 0.717) is 11.6 Å². The Hall–Kier alpha value is -5.40. The van der Waals surface area contributed by atoms with E-state index in [0.717, 1.165) is 33.6 Å². The van der Waals surface area contributed by atoms with E-state index in [2.05, 4.69) is 30.6 Å². The number of carbonyl (C=O) groups is 4. The molecule has 0 unspecified atom stereocenters. The molecule has 2 aliphatic rings. The van der Waals surface area contributed by atoms with Crippen LogP contribution >= 0.6 is 0 Å². The van der Waals surface area contributed by atoms with E-state index in [9.17, 15) is 28.0 Å². The molecule has 0 saturated carbocycles. The zero-order valence-corrected chi connectivity index (χ0v) is 33.2. The van der Waals surface area contributed by atoms with Crippen LogP contribution in [0.15, 0.2) is 60.9 Å². The minimum atomic E-state index is -1.24. The summed E-state index contributed by atoms with van der Waals surface area (Å²) in [5, 5.41) is 6.06. The summed E-state index contributed by atoms with van der Waals surface area (Å²) in [4.78, 5) is 69.3. The molecule has 0 aliphatic carbocycles. The lowest BCUT2D eigenvalue weighted by atomic mass is 9.86. The first-order valence-electron chi connectivity index (χ1n) is 19.0. The van der Waals surface area contributed by atoms with Gasteiger partial charge in [-0.2, -0.15) is 0 Å². The molecule has 6 atom stereocenters. The molecule has 2 aromatic heterocycles. The average molecular weight is 771 g/mol. The van der Waals surface area contributed by atoms with Crippen LogP contribution in [-0.4, -0.2) is 90.9 Å². The van der Waals surface area contributed by atoms with Gasteiger partial charge in [0.25, 0.3) is 0 Å². The Labute approximate surface area is 326 Å². The maximum Gasteiger partial charge on any atom is 0.243 e. The fourth-order valence-electron chi connectivity index (χ4n) is 7.57. The van der Waals surface area contributed by atoms with Crippen LogP contribution in [-0.2, 0) is 19.2 Å². The van der Waals surface area contributed by atoms with Gasteiger partial charge in [0, 0.05) is 26.7 Å². The van der Waals surface area contributed by atoms with Gasteiger partial charge in [-0.25, -0.2) is 18.7 Å². The van der Waals surface area contributed by atoms with Crippen molar-refractivity contribution in [1.29, 1.82) is 0 Å². The fraction of sp³-hybridized carbons (Fsp3) is 0.476. The summed E-state index contributed by atoms with van der Waals surface area (Å²) in [6, 6.07) is 13.3. The molecular formula is C42H52F2N8O4. The first-order valence-corrected chi connectivity index (χ1v) is 19.0. The van der Waals surface area contributed by atoms with Gasteiger partial charge in [-0.1, -0.05) is 90.1 Å².